The van der Waals surface area contributed by atoms with Gasteiger partial charge in [-0.3, -0.25) is 0 Å². The lowest BCUT2D eigenvalue weighted by Gasteiger charge is -2.46. The molecule has 0 bridgehead atoms. The van der Waals surface area contributed by atoms with Gasteiger partial charge in [-0.2, -0.15) is 0 Å². The van der Waals surface area contributed by atoms with Gasteiger partial charge in [0.05, 0.1) is 6.61 Å². The second-order valence-electron chi connectivity index (χ2n) is 10.6. The van der Waals surface area contributed by atoms with E-state index < -0.39 is 8.32 Å². The van der Waals surface area contributed by atoms with Gasteiger partial charge in [-0.1, -0.05) is 53.7 Å². The number of rotatable bonds is 4. The maximum atomic E-state index is 10.4. The van der Waals surface area contributed by atoms with Crippen molar-refractivity contribution < 1.29 is 9.53 Å². The van der Waals surface area contributed by atoms with Crippen LogP contribution in [0.4, 0.5) is 0 Å². The van der Waals surface area contributed by atoms with Crippen LogP contribution in [0.2, 0.25) is 18.1 Å². The third kappa shape index (κ3) is 2.67. The summed E-state index contributed by atoms with van der Waals surface area (Å²) in [6.07, 6.45) is 3.34. The Balaban J connectivity index is 2.34. The fourth-order valence-electron chi connectivity index (χ4n) is 5.37. The molecule has 0 amide bonds. The van der Waals surface area contributed by atoms with E-state index in [4.69, 9.17) is 4.43 Å². The van der Waals surface area contributed by atoms with Crippen molar-refractivity contribution in [2.75, 3.05) is 13.2 Å². The topological polar surface area (TPSA) is 29.5 Å². The van der Waals surface area contributed by atoms with Gasteiger partial charge in [-0.15, -0.1) is 0 Å². The van der Waals surface area contributed by atoms with Crippen molar-refractivity contribution >= 4 is 8.32 Å². The predicted molar refractivity (Wildman–Crippen MR) is 101 cm³/mol. The average molecular weight is 339 g/mol. The summed E-state index contributed by atoms with van der Waals surface area (Å²) in [5, 5.41) is 10.7. The lowest BCUT2D eigenvalue weighted by molar-refractivity contribution is -0.00339. The van der Waals surface area contributed by atoms with Crippen molar-refractivity contribution in [1.29, 1.82) is 0 Å². The van der Waals surface area contributed by atoms with Crippen molar-refractivity contribution in [2.45, 2.75) is 78.9 Å². The van der Waals surface area contributed by atoms with Crippen molar-refractivity contribution in [1.82, 2.24) is 0 Å². The van der Waals surface area contributed by atoms with Crippen LogP contribution in [-0.2, 0) is 4.43 Å². The molecule has 2 rings (SSSR count). The molecule has 0 saturated heterocycles. The van der Waals surface area contributed by atoms with Crippen molar-refractivity contribution in [3.05, 3.63) is 12.2 Å². The maximum absolute atomic E-state index is 10.4. The van der Waals surface area contributed by atoms with Crippen molar-refractivity contribution in [3.8, 4) is 0 Å². The van der Waals surface area contributed by atoms with Gasteiger partial charge >= 0.3 is 0 Å². The molecule has 2 saturated carbocycles. The van der Waals surface area contributed by atoms with E-state index in [2.05, 4.69) is 61.2 Å². The summed E-state index contributed by atoms with van der Waals surface area (Å²) in [4.78, 5) is 0. The molecule has 0 aromatic rings. The molecule has 0 aliphatic heterocycles. The largest absolute Gasteiger partial charge is 0.416 e. The second-order valence-corrected chi connectivity index (χ2v) is 15.4. The number of hydrogen-bond acceptors (Lipinski definition) is 2. The molecule has 0 radical (unpaired) electrons. The molecule has 0 heterocycles. The third-order valence-electron chi connectivity index (χ3n) is 7.63. The molecule has 23 heavy (non-hydrogen) atoms. The van der Waals surface area contributed by atoms with Gasteiger partial charge in [0, 0.05) is 17.4 Å². The summed E-state index contributed by atoms with van der Waals surface area (Å²) in [7, 11) is -1.79. The van der Waals surface area contributed by atoms with Gasteiger partial charge in [-0.25, -0.2) is 0 Å². The smallest absolute Gasteiger partial charge is 0.192 e. The highest BCUT2D eigenvalue weighted by Gasteiger charge is 2.67. The van der Waals surface area contributed by atoms with Crippen LogP contribution in [-0.4, -0.2) is 26.6 Å². The SMILES string of the molecule is C=C1CC[C@H]2C(C)(C)C[C@](C)(CO[Si](C)(C)C(C)(C)C)[C@@]12CO. The minimum Gasteiger partial charge on any atom is -0.416 e. The van der Waals surface area contributed by atoms with Crippen LogP contribution in [0.15, 0.2) is 12.2 Å². The van der Waals surface area contributed by atoms with E-state index in [0.29, 0.717) is 5.92 Å². The Bertz CT molecular complexity index is 488. The number of fused-ring (bicyclic) bond motifs is 1. The van der Waals surface area contributed by atoms with Gasteiger partial charge in [0.2, 0.25) is 0 Å². The highest BCUT2D eigenvalue weighted by atomic mass is 28.4. The third-order valence-corrected chi connectivity index (χ3v) is 12.1. The van der Waals surface area contributed by atoms with Crippen LogP contribution in [0.25, 0.3) is 0 Å². The molecule has 134 valence electrons. The molecule has 2 aliphatic carbocycles. The van der Waals surface area contributed by atoms with Crippen LogP contribution in [0, 0.1) is 22.2 Å². The van der Waals surface area contributed by atoms with Crippen LogP contribution in [0.5, 0.6) is 0 Å². The minimum atomic E-state index is -1.79. The number of aliphatic hydroxyl groups excluding tert-OH is 1. The zero-order chi connectivity index (χ0) is 17.9. The molecule has 2 aliphatic rings. The van der Waals surface area contributed by atoms with Crippen LogP contribution >= 0.6 is 0 Å². The van der Waals surface area contributed by atoms with E-state index in [1.165, 1.54) is 12.0 Å². The van der Waals surface area contributed by atoms with Gasteiger partial charge in [-0.05, 0) is 48.7 Å². The Morgan fingerprint density at radius 3 is 2.30 bits per heavy atom. The van der Waals surface area contributed by atoms with Crippen LogP contribution in [0.3, 0.4) is 0 Å². The number of hydrogen-bond donors (Lipinski definition) is 1. The fraction of sp³-hybridized carbons (Fsp3) is 0.900. The Kier molecular flexibility index (Phi) is 4.54. The van der Waals surface area contributed by atoms with Crippen molar-refractivity contribution in [3.63, 3.8) is 0 Å². The Morgan fingerprint density at radius 1 is 1.26 bits per heavy atom. The van der Waals surface area contributed by atoms with Gasteiger partial charge in [0.25, 0.3) is 0 Å². The first-order chi connectivity index (χ1) is 10.2. The van der Waals surface area contributed by atoms with E-state index in [0.717, 1.165) is 19.4 Å². The van der Waals surface area contributed by atoms with E-state index in [9.17, 15) is 5.11 Å². The fourth-order valence-corrected chi connectivity index (χ4v) is 6.49. The van der Waals surface area contributed by atoms with Crippen LogP contribution < -0.4 is 0 Å². The van der Waals surface area contributed by atoms with E-state index in [-0.39, 0.29) is 27.9 Å². The van der Waals surface area contributed by atoms with E-state index >= 15 is 0 Å². The molecule has 3 heteroatoms. The monoisotopic (exact) mass is 338 g/mol. The summed E-state index contributed by atoms with van der Waals surface area (Å²) in [6.45, 7) is 24.0. The summed E-state index contributed by atoms with van der Waals surface area (Å²) in [6, 6.07) is 0. The predicted octanol–water partition coefficient (Wildman–Crippen LogP) is 5.39. The number of aliphatic hydroxyl groups is 1. The highest BCUT2D eigenvalue weighted by Crippen LogP contribution is 2.71. The van der Waals surface area contributed by atoms with Gasteiger partial charge < -0.3 is 9.53 Å². The Morgan fingerprint density at radius 2 is 1.83 bits per heavy atom. The summed E-state index contributed by atoms with van der Waals surface area (Å²) < 4.78 is 6.64. The van der Waals surface area contributed by atoms with Gasteiger partial charge in [0.15, 0.2) is 8.32 Å². The first kappa shape index (κ1) is 19.2. The zero-order valence-electron chi connectivity index (χ0n) is 16.7. The summed E-state index contributed by atoms with van der Waals surface area (Å²) in [5.41, 5.74) is 1.34. The van der Waals surface area contributed by atoms with Gasteiger partial charge in [0.1, 0.15) is 0 Å². The molecule has 0 spiro atoms. The molecule has 2 nitrogen and oxygen atoms in total. The molecule has 0 aromatic heterocycles. The molecule has 2 fully saturated rings. The Labute approximate surface area is 144 Å². The molecule has 0 aromatic carbocycles. The zero-order valence-corrected chi connectivity index (χ0v) is 17.7. The van der Waals surface area contributed by atoms with Crippen molar-refractivity contribution in [2.24, 2.45) is 22.2 Å². The lowest BCUT2D eigenvalue weighted by Crippen LogP contribution is -2.49. The van der Waals surface area contributed by atoms with E-state index in [1.54, 1.807) is 0 Å². The summed E-state index contributed by atoms with van der Waals surface area (Å²) in [5.74, 6) is 0.528. The molecule has 3 atom stereocenters. The standard InChI is InChI=1S/C20H38O2Si/c1-15-10-11-16-18(5,6)12-19(7,20(15,16)13-21)14-22-23(8,9)17(2,3)4/h16,21H,1,10-14H2,2-9H3/t16-,19+,20-/m0/s1. The minimum absolute atomic E-state index is 0.0149. The molecular weight excluding hydrogens is 300 g/mol. The highest BCUT2D eigenvalue weighted by molar-refractivity contribution is 6.74. The Hall–Kier alpha value is -0.123. The molecule has 0 unspecified atom stereocenters. The molecular formula is C20H38O2Si. The summed E-state index contributed by atoms with van der Waals surface area (Å²) >= 11 is 0. The maximum Gasteiger partial charge on any atom is 0.192 e. The normalized spacial score (nSPS) is 37.3. The lowest BCUT2D eigenvalue weighted by atomic mass is 9.63. The van der Waals surface area contributed by atoms with Crippen LogP contribution in [0.1, 0.15) is 60.8 Å². The first-order valence-electron chi connectivity index (χ1n) is 9.17. The quantitative estimate of drug-likeness (QED) is 0.550. The second kappa shape index (κ2) is 5.44. The first-order valence-corrected chi connectivity index (χ1v) is 12.1. The van der Waals surface area contributed by atoms with E-state index in [1.807, 2.05) is 0 Å². The molecule has 1 N–H and O–H groups in total. The average Bonchev–Trinajstić information content (AvgIpc) is 2.81.